The van der Waals surface area contributed by atoms with Gasteiger partial charge in [0.1, 0.15) is 6.04 Å². The van der Waals surface area contributed by atoms with Gasteiger partial charge in [0.2, 0.25) is 5.91 Å². The van der Waals surface area contributed by atoms with Gasteiger partial charge in [-0.15, -0.1) is 0 Å². The van der Waals surface area contributed by atoms with Crippen molar-refractivity contribution in [1.29, 1.82) is 0 Å². The van der Waals surface area contributed by atoms with Crippen LogP contribution in [0.4, 0.5) is 0 Å². The number of hydrogen-bond donors (Lipinski definition) is 1. The number of rotatable bonds is 8. The molecule has 0 aliphatic carbocycles. The fourth-order valence-electron chi connectivity index (χ4n) is 3.71. The lowest BCUT2D eigenvalue weighted by Crippen LogP contribution is -2.49. The second-order valence-electron chi connectivity index (χ2n) is 6.94. The number of ether oxygens (including phenoxy) is 3. The van der Waals surface area contributed by atoms with Crippen LogP contribution in [0.3, 0.4) is 0 Å². The predicted octanol–water partition coefficient (Wildman–Crippen LogP) is 2.76. The molecule has 2 saturated heterocycles. The number of carbonyl (C=O) groups is 1. The molecular formula is C20H29ClN2O4. The smallest absolute Gasteiger partial charge is 0.241 e. The minimum Gasteiger partial charge on any atom is -0.382 e. The first-order chi connectivity index (χ1) is 13.1. The molecule has 0 unspecified atom stereocenters. The average Bonchev–Trinajstić information content (AvgIpc) is 3.13. The quantitative estimate of drug-likeness (QED) is 0.685. The first-order valence-corrected chi connectivity index (χ1v) is 10.1. The number of likely N-dealkylation sites (tertiary alicyclic amines) is 1. The summed E-state index contributed by atoms with van der Waals surface area (Å²) in [5, 5.41) is 3.72. The first-order valence-electron chi connectivity index (χ1n) is 9.76. The summed E-state index contributed by atoms with van der Waals surface area (Å²) in [4.78, 5) is 15.2. The van der Waals surface area contributed by atoms with Gasteiger partial charge in [0.15, 0.2) is 5.79 Å². The zero-order chi connectivity index (χ0) is 19.1. The van der Waals surface area contributed by atoms with Crippen molar-refractivity contribution in [2.45, 2.75) is 38.0 Å². The minimum absolute atomic E-state index is 0.0121. The molecule has 6 nitrogen and oxygen atoms in total. The summed E-state index contributed by atoms with van der Waals surface area (Å²) in [6.07, 6.45) is 2.35. The highest BCUT2D eigenvalue weighted by Crippen LogP contribution is 2.35. The fourth-order valence-corrected chi connectivity index (χ4v) is 3.83. The SMILES string of the molecule is CCOCCCNC(=O)[C@@H](c1ccc(Cl)cc1)N1CCC2(CC1)OCCO2. The molecular weight excluding hydrogens is 368 g/mol. The second kappa shape index (κ2) is 9.85. The molecule has 150 valence electrons. The van der Waals surface area contributed by atoms with Crippen molar-refractivity contribution in [1.82, 2.24) is 10.2 Å². The van der Waals surface area contributed by atoms with Gasteiger partial charge in [-0.3, -0.25) is 9.69 Å². The Morgan fingerprint density at radius 3 is 2.56 bits per heavy atom. The topological polar surface area (TPSA) is 60.0 Å². The maximum absolute atomic E-state index is 13.0. The van der Waals surface area contributed by atoms with Crippen molar-refractivity contribution in [3.8, 4) is 0 Å². The van der Waals surface area contributed by atoms with E-state index in [2.05, 4.69) is 10.2 Å². The molecule has 2 aliphatic rings. The maximum atomic E-state index is 13.0. The van der Waals surface area contributed by atoms with E-state index in [0.717, 1.165) is 37.9 Å². The summed E-state index contributed by atoms with van der Waals surface area (Å²) in [6, 6.07) is 7.19. The van der Waals surface area contributed by atoms with E-state index < -0.39 is 5.79 Å². The third-order valence-electron chi connectivity index (χ3n) is 5.14. The Labute approximate surface area is 166 Å². The normalized spacial score (nSPS) is 20.7. The van der Waals surface area contributed by atoms with Crippen LogP contribution < -0.4 is 5.32 Å². The third-order valence-corrected chi connectivity index (χ3v) is 5.39. The molecule has 1 atom stereocenters. The van der Waals surface area contributed by atoms with Crippen LogP contribution in [0.1, 0.15) is 37.8 Å². The molecule has 0 aromatic heterocycles. The molecule has 27 heavy (non-hydrogen) atoms. The van der Waals surface area contributed by atoms with Crippen molar-refractivity contribution in [3.05, 3.63) is 34.9 Å². The number of piperidine rings is 1. The van der Waals surface area contributed by atoms with Gasteiger partial charge in [-0.05, 0) is 31.0 Å². The maximum Gasteiger partial charge on any atom is 0.241 e. The van der Waals surface area contributed by atoms with Crippen LogP contribution in [-0.4, -0.2) is 62.7 Å². The van der Waals surface area contributed by atoms with Crippen molar-refractivity contribution in [3.63, 3.8) is 0 Å². The molecule has 1 spiro atoms. The number of amides is 1. The van der Waals surface area contributed by atoms with E-state index in [0.29, 0.717) is 38.0 Å². The molecule has 2 heterocycles. The molecule has 7 heteroatoms. The highest BCUT2D eigenvalue weighted by molar-refractivity contribution is 6.30. The van der Waals surface area contributed by atoms with E-state index in [9.17, 15) is 4.79 Å². The summed E-state index contributed by atoms with van der Waals surface area (Å²) in [5.41, 5.74) is 0.950. The number of nitrogens with zero attached hydrogens (tertiary/aromatic N) is 1. The lowest BCUT2D eigenvalue weighted by atomic mass is 9.97. The number of carbonyl (C=O) groups excluding carboxylic acids is 1. The molecule has 0 saturated carbocycles. The van der Waals surface area contributed by atoms with E-state index >= 15 is 0 Å². The van der Waals surface area contributed by atoms with Gasteiger partial charge in [-0.1, -0.05) is 23.7 Å². The standard InChI is InChI=1S/C20H29ClN2O4/c1-2-25-13-3-10-22-19(24)18(16-4-6-17(21)7-5-16)23-11-8-20(9-12-23)26-14-15-27-20/h4-7,18H,2-3,8-15H2,1H3,(H,22,24)/t18-/m1/s1. The zero-order valence-corrected chi connectivity index (χ0v) is 16.7. The van der Waals surface area contributed by atoms with Crippen molar-refractivity contribution in [2.24, 2.45) is 0 Å². The Balaban J connectivity index is 1.64. The Kier molecular flexibility index (Phi) is 7.49. The van der Waals surface area contributed by atoms with Gasteiger partial charge < -0.3 is 19.5 Å². The number of benzene rings is 1. The zero-order valence-electron chi connectivity index (χ0n) is 15.9. The molecule has 0 bridgehead atoms. The first kappa shape index (κ1) is 20.6. The van der Waals surface area contributed by atoms with E-state index in [4.69, 9.17) is 25.8 Å². The van der Waals surface area contributed by atoms with E-state index in [1.807, 2.05) is 31.2 Å². The van der Waals surface area contributed by atoms with Crippen LogP contribution in [0, 0.1) is 0 Å². The Morgan fingerprint density at radius 2 is 1.93 bits per heavy atom. The van der Waals surface area contributed by atoms with Crippen LogP contribution >= 0.6 is 11.6 Å². The average molecular weight is 397 g/mol. The third kappa shape index (κ3) is 5.42. The predicted molar refractivity (Wildman–Crippen MR) is 104 cm³/mol. The molecule has 1 N–H and O–H groups in total. The van der Waals surface area contributed by atoms with E-state index in [1.54, 1.807) is 0 Å². The van der Waals surface area contributed by atoms with Crippen LogP contribution in [0.5, 0.6) is 0 Å². The highest BCUT2D eigenvalue weighted by Gasteiger charge is 2.42. The highest BCUT2D eigenvalue weighted by atomic mass is 35.5. The summed E-state index contributed by atoms with van der Waals surface area (Å²) >= 11 is 6.03. The van der Waals surface area contributed by atoms with Gasteiger partial charge in [0, 0.05) is 50.7 Å². The van der Waals surface area contributed by atoms with Crippen molar-refractivity contribution in [2.75, 3.05) is 46.1 Å². The number of nitrogens with one attached hydrogen (secondary N) is 1. The molecule has 1 amide bonds. The van der Waals surface area contributed by atoms with E-state index in [1.165, 1.54) is 0 Å². The van der Waals surface area contributed by atoms with Gasteiger partial charge >= 0.3 is 0 Å². The van der Waals surface area contributed by atoms with Gasteiger partial charge in [0.25, 0.3) is 0 Å². The van der Waals surface area contributed by atoms with Gasteiger partial charge in [-0.25, -0.2) is 0 Å². The van der Waals surface area contributed by atoms with Gasteiger partial charge in [-0.2, -0.15) is 0 Å². The Bertz CT molecular complexity index is 595. The van der Waals surface area contributed by atoms with Crippen LogP contribution in [0.25, 0.3) is 0 Å². The number of halogens is 1. The van der Waals surface area contributed by atoms with Crippen molar-refractivity contribution < 1.29 is 19.0 Å². The summed E-state index contributed by atoms with van der Waals surface area (Å²) in [6.45, 7) is 6.73. The fraction of sp³-hybridized carbons (Fsp3) is 0.650. The number of hydrogen-bond acceptors (Lipinski definition) is 5. The van der Waals surface area contributed by atoms with Crippen molar-refractivity contribution >= 4 is 17.5 Å². The summed E-state index contributed by atoms with van der Waals surface area (Å²) in [7, 11) is 0. The molecule has 2 fully saturated rings. The monoisotopic (exact) mass is 396 g/mol. The second-order valence-corrected chi connectivity index (χ2v) is 7.38. The molecule has 3 rings (SSSR count). The minimum atomic E-state index is -0.449. The van der Waals surface area contributed by atoms with Crippen LogP contribution in [-0.2, 0) is 19.0 Å². The van der Waals surface area contributed by atoms with Crippen LogP contribution in [0.15, 0.2) is 24.3 Å². The van der Waals surface area contributed by atoms with Crippen LogP contribution in [0.2, 0.25) is 5.02 Å². The molecule has 1 aromatic rings. The largest absolute Gasteiger partial charge is 0.382 e. The summed E-state index contributed by atoms with van der Waals surface area (Å²) in [5.74, 6) is -0.437. The van der Waals surface area contributed by atoms with E-state index in [-0.39, 0.29) is 11.9 Å². The molecule has 1 aromatic carbocycles. The lowest BCUT2D eigenvalue weighted by Gasteiger charge is -2.40. The molecule has 0 radical (unpaired) electrons. The Morgan fingerprint density at radius 1 is 1.26 bits per heavy atom. The molecule has 2 aliphatic heterocycles. The van der Waals surface area contributed by atoms with Gasteiger partial charge in [0.05, 0.1) is 13.2 Å². The lowest BCUT2D eigenvalue weighted by molar-refractivity contribution is -0.189. The summed E-state index contributed by atoms with van der Waals surface area (Å²) < 4.78 is 17.0. The Hall–Kier alpha value is -1.18.